The third-order valence-corrected chi connectivity index (χ3v) is 9.93. The minimum atomic E-state index is -1.00. The van der Waals surface area contributed by atoms with Crippen LogP contribution in [0.15, 0.2) is 42.1 Å². The molecule has 3 saturated carbocycles. The molecule has 1 aromatic heterocycles. The second kappa shape index (κ2) is 7.47. The second-order valence-electron chi connectivity index (χ2n) is 11.4. The number of hydrogen-bond acceptors (Lipinski definition) is 4. The first-order valence-electron chi connectivity index (χ1n) is 12.6. The van der Waals surface area contributed by atoms with Gasteiger partial charge in [0.15, 0.2) is 0 Å². The Morgan fingerprint density at radius 2 is 1.88 bits per heavy atom. The topological polar surface area (TPSA) is 71.2 Å². The molecular formula is C27H34FN3O2. The van der Waals surface area contributed by atoms with Crippen LogP contribution in [0.25, 0.3) is 5.69 Å². The molecule has 0 aliphatic heterocycles. The molecule has 4 aliphatic carbocycles. The molecular weight excluding hydrogens is 417 g/mol. The van der Waals surface area contributed by atoms with Gasteiger partial charge in [-0.25, -0.2) is 9.07 Å². The Morgan fingerprint density at radius 1 is 1.09 bits per heavy atom. The highest BCUT2D eigenvalue weighted by Gasteiger charge is 2.64. The van der Waals surface area contributed by atoms with Crippen LogP contribution in [0.5, 0.6) is 0 Å². The Labute approximate surface area is 194 Å². The lowest BCUT2D eigenvalue weighted by molar-refractivity contribution is -0.133. The first-order chi connectivity index (χ1) is 15.8. The summed E-state index contributed by atoms with van der Waals surface area (Å²) < 4.78 is 15.0. The third kappa shape index (κ3) is 3.09. The molecule has 4 aliphatic rings. The van der Waals surface area contributed by atoms with Crippen LogP contribution in [0.1, 0.15) is 64.5 Å². The van der Waals surface area contributed by atoms with Crippen LogP contribution < -0.4 is 0 Å². The van der Waals surface area contributed by atoms with Crippen molar-refractivity contribution in [2.45, 2.75) is 70.5 Å². The highest BCUT2D eigenvalue weighted by molar-refractivity contribution is 5.32. The maximum Gasteiger partial charge on any atom is 0.123 e. The minimum Gasteiger partial charge on any atom is -0.389 e. The molecule has 176 valence electrons. The number of hydrogen-bond donors (Lipinski definition) is 2. The number of aromatic nitrogens is 3. The number of aliphatic hydroxyl groups excluding tert-OH is 1. The number of benzene rings is 1. The van der Waals surface area contributed by atoms with Crippen molar-refractivity contribution in [1.82, 2.24) is 15.0 Å². The standard InChI is InChI=1S/C27H34FN3O2/c1-16-13-17-14-20(32)7-8-21(17)22-9-11-26(2)23(25(16)22)10-12-27(26,33)24-15-31(30-29-24)19-5-3-18(28)4-6-19/h3-6,14-16,20-23,25,32-33H,7-13H2,1-2H3/t16-,20?,21?,22?,23?,25?,26+,27-/m1/s1. The highest BCUT2D eigenvalue weighted by Crippen LogP contribution is 2.68. The van der Waals surface area contributed by atoms with Crippen LogP contribution in [0.4, 0.5) is 4.39 Å². The maximum atomic E-state index is 13.3. The lowest BCUT2D eigenvalue weighted by Gasteiger charge is -2.57. The fourth-order valence-corrected chi connectivity index (χ4v) is 8.33. The van der Waals surface area contributed by atoms with Gasteiger partial charge in [0.2, 0.25) is 0 Å². The zero-order valence-corrected chi connectivity index (χ0v) is 19.5. The van der Waals surface area contributed by atoms with E-state index in [4.69, 9.17) is 0 Å². The largest absolute Gasteiger partial charge is 0.389 e. The molecule has 5 nitrogen and oxygen atoms in total. The molecule has 6 rings (SSSR count). The van der Waals surface area contributed by atoms with Crippen molar-refractivity contribution in [2.24, 2.45) is 35.0 Å². The monoisotopic (exact) mass is 451 g/mol. The molecule has 3 fully saturated rings. The average Bonchev–Trinajstić information content (AvgIpc) is 3.38. The number of fused-ring (bicyclic) bond motifs is 5. The Hall–Kier alpha value is -2.05. The lowest BCUT2D eigenvalue weighted by Crippen LogP contribution is -2.53. The van der Waals surface area contributed by atoms with Crippen molar-refractivity contribution in [3.05, 3.63) is 53.6 Å². The van der Waals surface area contributed by atoms with Crippen molar-refractivity contribution in [3.63, 3.8) is 0 Å². The molecule has 0 saturated heterocycles. The van der Waals surface area contributed by atoms with Gasteiger partial charge in [-0.1, -0.05) is 30.7 Å². The van der Waals surface area contributed by atoms with Crippen LogP contribution in [-0.4, -0.2) is 31.3 Å². The van der Waals surface area contributed by atoms with Gasteiger partial charge in [0, 0.05) is 5.41 Å². The van der Waals surface area contributed by atoms with Gasteiger partial charge in [0.05, 0.1) is 18.0 Å². The molecule has 33 heavy (non-hydrogen) atoms. The normalized spacial score (nSPS) is 42.3. The summed E-state index contributed by atoms with van der Waals surface area (Å²) in [6.45, 7) is 4.66. The summed E-state index contributed by atoms with van der Waals surface area (Å²) in [6.07, 6.45) is 10.6. The Morgan fingerprint density at radius 3 is 2.67 bits per heavy atom. The molecule has 6 heteroatoms. The van der Waals surface area contributed by atoms with Crippen LogP contribution in [0, 0.1) is 40.8 Å². The van der Waals surface area contributed by atoms with Crippen LogP contribution in [-0.2, 0) is 5.60 Å². The Bertz CT molecular complexity index is 1080. The number of halogens is 1. The minimum absolute atomic E-state index is 0.235. The van der Waals surface area contributed by atoms with Crippen molar-refractivity contribution in [2.75, 3.05) is 0 Å². The lowest BCUT2D eigenvalue weighted by atomic mass is 9.48. The summed E-state index contributed by atoms with van der Waals surface area (Å²) >= 11 is 0. The summed E-state index contributed by atoms with van der Waals surface area (Å²) in [5.41, 5.74) is 1.63. The number of rotatable bonds is 2. The van der Waals surface area contributed by atoms with Gasteiger partial charge in [-0.05, 0) is 98.8 Å². The number of aliphatic hydroxyl groups is 2. The van der Waals surface area contributed by atoms with Crippen molar-refractivity contribution in [3.8, 4) is 5.69 Å². The number of nitrogens with zero attached hydrogens (tertiary/aromatic N) is 3. The van der Waals surface area contributed by atoms with E-state index >= 15 is 0 Å². The van der Waals surface area contributed by atoms with E-state index in [9.17, 15) is 14.6 Å². The van der Waals surface area contributed by atoms with Crippen molar-refractivity contribution < 1.29 is 14.6 Å². The molecule has 5 unspecified atom stereocenters. The van der Waals surface area contributed by atoms with E-state index in [0.717, 1.165) is 44.2 Å². The summed E-state index contributed by atoms with van der Waals surface area (Å²) in [4.78, 5) is 0. The van der Waals surface area contributed by atoms with Crippen LogP contribution in [0.2, 0.25) is 0 Å². The second-order valence-corrected chi connectivity index (χ2v) is 11.4. The first-order valence-corrected chi connectivity index (χ1v) is 12.6. The molecule has 0 radical (unpaired) electrons. The van der Waals surface area contributed by atoms with E-state index in [1.807, 2.05) is 6.20 Å². The molecule has 0 spiro atoms. The quantitative estimate of drug-likeness (QED) is 0.645. The van der Waals surface area contributed by atoms with Crippen LogP contribution in [0.3, 0.4) is 0 Å². The smallest absolute Gasteiger partial charge is 0.123 e. The summed E-state index contributed by atoms with van der Waals surface area (Å²) in [5, 5.41) is 31.0. The van der Waals surface area contributed by atoms with Gasteiger partial charge in [0.25, 0.3) is 0 Å². The van der Waals surface area contributed by atoms with E-state index in [1.54, 1.807) is 16.8 Å². The summed E-state index contributed by atoms with van der Waals surface area (Å²) in [6, 6.07) is 6.18. The fourth-order valence-electron chi connectivity index (χ4n) is 8.33. The average molecular weight is 452 g/mol. The van der Waals surface area contributed by atoms with E-state index in [-0.39, 0.29) is 17.3 Å². The molecule has 8 atom stereocenters. The first kappa shape index (κ1) is 21.5. The van der Waals surface area contributed by atoms with E-state index < -0.39 is 5.60 Å². The third-order valence-electron chi connectivity index (χ3n) is 9.93. The SMILES string of the molecule is C[C@@H]1CC2=CC(O)CCC2C2CC[C@@]3(C)C(CC[C@@]3(O)c3cn(-c4ccc(F)cc4)nn3)C21. The van der Waals surface area contributed by atoms with Crippen molar-refractivity contribution >= 4 is 0 Å². The van der Waals surface area contributed by atoms with Crippen LogP contribution >= 0.6 is 0 Å². The van der Waals surface area contributed by atoms with E-state index in [2.05, 4.69) is 30.2 Å². The van der Waals surface area contributed by atoms with Crippen molar-refractivity contribution in [1.29, 1.82) is 0 Å². The molecule has 1 aromatic carbocycles. The van der Waals surface area contributed by atoms with E-state index in [1.165, 1.54) is 17.7 Å². The number of allylic oxidation sites excluding steroid dienone is 1. The zero-order chi connectivity index (χ0) is 23.0. The predicted octanol–water partition coefficient (Wildman–Crippen LogP) is 4.77. The molecule has 2 N–H and O–H groups in total. The predicted molar refractivity (Wildman–Crippen MR) is 123 cm³/mol. The summed E-state index contributed by atoms with van der Waals surface area (Å²) in [7, 11) is 0. The zero-order valence-electron chi connectivity index (χ0n) is 19.5. The molecule has 0 amide bonds. The van der Waals surface area contributed by atoms with Gasteiger partial charge < -0.3 is 10.2 Å². The Kier molecular flexibility index (Phi) is 4.87. The van der Waals surface area contributed by atoms with Gasteiger partial charge in [-0.15, -0.1) is 5.10 Å². The van der Waals surface area contributed by atoms with Gasteiger partial charge in [-0.2, -0.15) is 0 Å². The van der Waals surface area contributed by atoms with Gasteiger partial charge in [0.1, 0.15) is 17.1 Å². The molecule has 1 heterocycles. The molecule has 0 bridgehead atoms. The van der Waals surface area contributed by atoms with Gasteiger partial charge >= 0.3 is 0 Å². The molecule has 2 aromatic rings. The highest BCUT2D eigenvalue weighted by atomic mass is 19.1. The fraction of sp³-hybridized carbons (Fsp3) is 0.630. The maximum absolute atomic E-state index is 13.3. The van der Waals surface area contributed by atoms with Gasteiger partial charge in [-0.3, -0.25) is 0 Å². The Balaban J connectivity index is 1.31. The summed E-state index contributed by atoms with van der Waals surface area (Å²) in [5.74, 6) is 2.59. The van der Waals surface area contributed by atoms with E-state index in [0.29, 0.717) is 41.7 Å².